The number of ketones is 1. The first-order valence-corrected chi connectivity index (χ1v) is 10.5. The van der Waals surface area contributed by atoms with Crippen LogP contribution in [0.5, 0.6) is 0 Å². The van der Waals surface area contributed by atoms with Crippen LogP contribution in [0.25, 0.3) is 0 Å². The summed E-state index contributed by atoms with van der Waals surface area (Å²) in [7, 11) is -1.83. The van der Waals surface area contributed by atoms with Crippen molar-refractivity contribution in [2.45, 2.75) is 76.6 Å². The van der Waals surface area contributed by atoms with Gasteiger partial charge in [-0.25, -0.2) is 0 Å². The van der Waals surface area contributed by atoms with E-state index in [0.29, 0.717) is 5.78 Å². The molecule has 0 radical (unpaired) electrons. The maximum atomic E-state index is 12.2. The van der Waals surface area contributed by atoms with Crippen LogP contribution >= 0.6 is 0 Å². The zero-order chi connectivity index (χ0) is 14.3. The maximum absolute atomic E-state index is 12.2. The Balaban J connectivity index is 2.29. The quantitative estimate of drug-likeness (QED) is 0.698. The van der Waals surface area contributed by atoms with E-state index in [1.807, 2.05) is 6.08 Å². The number of rotatable bonds is 2. The lowest BCUT2D eigenvalue weighted by Crippen LogP contribution is -2.56. The molecule has 2 rings (SSSR count). The lowest BCUT2D eigenvalue weighted by molar-refractivity contribution is -0.131. The third-order valence-electron chi connectivity index (χ3n) is 5.33. The van der Waals surface area contributed by atoms with Crippen LogP contribution in [0, 0.1) is 5.92 Å². The Kier molecular flexibility index (Phi) is 3.82. The predicted molar refractivity (Wildman–Crippen MR) is 81.7 cm³/mol. The molecule has 1 fully saturated rings. The fourth-order valence-electron chi connectivity index (χ4n) is 3.17. The lowest BCUT2D eigenvalue weighted by Gasteiger charge is -2.51. The summed E-state index contributed by atoms with van der Waals surface area (Å²) in [6.07, 6.45) is 9.19. The third kappa shape index (κ3) is 2.73. The van der Waals surface area contributed by atoms with Crippen molar-refractivity contribution < 1.29 is 9.22 Å². The molecule has 108 valence electrons. The highest BCUT2D eigenvalue weighted by Gasteiger charge is 2.51. The third-order valence-corrected chi connectivity index (χ3v) is 9.86. The normalized spacial score (nSPS) is 32.3. The lowest BCUT2D eigenvalue weighted by atomic mass is 9.69. The van der Waals surface area contributed by atoms with Crippen molar-refractivity contribution in [2.24, 2.45) is 5.92 Å². The Bertz CT molecular complexity index is 392. The van der Waals surface area contributed by atoms with Gasteiger partial charge in [-0.3, -0.25) is 4.79 Å². The fourth-order valence-corrected chi connectivity index (χ4v) is 4.82. The molecular weight excluding hydrogens is 252 g/mol. The zero-order valence-corrected chi connectivity index (χ0v) is 14.1. The summed E-state index contributed by atoms with van der Waals surface area (Å²) in [6.45, 7) is 11.4. The van der Waals surface area contributed by atoms with Gasteiger partial charge >= 0.3 is 0 Å². The van der Waals surface area contributed by atoms with Gasteiger partial charge in [0.15, 0.2) is 14.1 Å². The summed E-state index contributed by atoms with van der Waals surface area (Å²) >= 11 is 0. The zero-order valence-electron chi connectivity index (χ0n) is 13.1. The van der Waals surface area contributed by atoms with Gasteiger partial charge in [0.05, 0.1) is 5.60 Å². The molecule has 0 unspecified atom stereocenters. The SMILES string of the molecule is CC(C)(C)[Si](C)(C)O[C@@]12CC=CC(=O)[C@@H]1CCCC2. The second-order valence-corrected chi connectivity index (χ2v) is 12.5. The molecule has 2 aliphatic carbocycles. The Morgan fingerprint density at radius 1 is 1.32 bits per heavy atom. The minimum Gasteiger partial charge on any atom is -0.410 e. The average molecular weight is 280 g/mol. The van der Waals surface area contributed by atoms with Crippen molar-refractivity contribution >= 4 is 14.1 Å². The monoisotopic (exact) mass is 280 g/mol. The van der Waals surface area contributed by atoms with Gasteiger partial charge in [0.25, 0.3) is 0 Å². The number of hydrogen-bond donors (Lipinski definition) is 0. The topological polar surface area (TPSA) is 26.3 Å². The number of hydrogen-bond acceptors (Lipinski definition) is 2. The Morgan fingerprint density at radius 3 is 2.63 bits per heavy atom. The highest BCUT2D eigenvalue weighted by Crippen LogP contribution is 2.48. The molecule has 2 atom stereocenters. The first-order valence-electron chi connectivity index (χ1n) is 7.59. The maximum Gasteiger partial charge on any atom is 0.192 e. The van der Waals surface area contributed by atoms with E-state index in [1.54, 1.807) is 6.08 Å². The van der Waals surface area contributed by atoms with E-state index in [0.717, 1.165) is 19.3 Å². The second kappa shape index (κ2) is 4.85. The molecule has 0 N–H and O–H groups in total. The van der Waals surface area contributed by atoms with Crippen molar-refractivity contribution in [1.29, 1.82) is 0 Å². The fraction of sp³-hybridized carbons (Fsp3) is 0.812. The van der Waals surface area contributed by atoms with Crippen LogP contribution in [0.4, 0.5) is 0 Å². The summed E-state index contributed by atoms with van der Waals surface area (Å²) in [5.74, 6) is 0.407. The minimum atomic E-state index is -1.83. The summed E-state index contributed by atoms with van der Waals surface area (Å²) in [4.78, 5) is 12.2. The van der Waals surface area contributed by atoms with Crippen LogP contribution in [0.15, 0.2) is 12.2 Å². The van der Waals surface area contributed by atoms with E-state index in [2.05, 4.69) is 33.9 Å². The standard InChI is InChI=1S/C16H28O2Si/c1-15(2,3)19(4,5)18-16-11-7-6-9-13(16)14(17)10-8-12-16/h8,10,13H,6-7,9,11-12H2,1-5H3/t13-,16-/m0/s1. The molecular formula is C16H28O2Si. The molecule has 19 heavy (non-hydrogen) atoms. The average Bonchev–Trinajstić information content (AvgIpc) is 2.27. The molecule has 0 aromatic heterocycles. The van der Waals surface area contributed by atoms with E-state index in [1.165, 1.54) is 12.8 Å². The van der Waals surface area contributed by atoms with Crippen molar-refractivity contribution in [3.8, 4) is 0 Å². The van der Waals surface area contributed by atoms with Crippen molar-refractivity contribution in [1.82, 2.24) is 0 Å². The van der Waals surface area contributed by atoms with Crippen molar-refractivity contribution in [2.75, 3.05) is 0 Å². The van der Waals surface area contributed by atoms with Crippen molar-refractivity contribution in [3.63, 3.8) is 0 Å². The molecule has 0 heterocycles. The summed E-state index contributed by atoms with van der Waals surface area (Å²) in [5, 5.41) is 0.202. The van der Waals surface area contributed by atoms with E-state index >= 15 is 0 Å². The van der Waals surface area contributed by atoms with E-state index in [-0.39, 0.29) is 16.6 Å². The first-order chi connectivity index (χ1) is 8.68. The molecule has 2 aliphatic rings. The number of carbonyl (C=O) groups is 1. The van der Waals surface area contributed by atoms with Crippen LogP contribution in [-0.4, -0.2) is 19.7 Å². The largest absolute Gasteiger partial charge is 0.410 e. The molecule has 0 amide bonds. The van der Waals surface area contributed by atoms with E-state index < -0.39 is 8.32 Å². The van der Waals surface area contributed by atoms with Gasteiger partial charge in [-0.05, 0) is 43.5 Å². The first kappa shape index (κ1) is 15.0. The Morgan fingerprint density at radius 2 is 2.00 bits per heavy atom. The van der Waals surface area contributed by atoms with Crippen LogP contribution in [0.2, 0.25) is 18.1 Å². The number of fused-ring (bicyclic) bond motifs is 1. The van der Waals surface area contributed by atoms with E-state index in [9.17, 15) is 4.79 Å². The molecule has 3 heteroatoms. The van der Waals surface area contributed by atoms with Gasteiger partial charge in [0.2, 0.25) is 0 Å². The number of carbonyl (C=O) groups excluding carboxylic acids is 1. The summed E-state index contributed by atoms with van der Waals surface area (Å²) in [5.41, 5.74) is -0.187. The molecule has 1 saturated carbocycles. The second-order valence-electron chi connectivity index (χ2n) is 7.73. The minimum absolute atomic E-state index is 0.111. The van der Waals surface area contributed by atoms with Crippen LogP contribution in [0.3, 0.4) is 0 Å². The van der Waals surface area contributed by atoms with Gasteiger partial charge in [-0.2, -0.15) is 0 Å². The van der Waals surface area contributed by atoms with Crippen LogP contribution in [0.1, 0.15) is 52.9 Å². The van der Waals surface area contributed by atoms with E-state index in [4.69, 9.17) is 4.43 Å². The molecule has 0 saturated heterocycles. The summed E-state index contributed by atoms with van der Waals surface area (Å²) < 4.78 is 6.77. The molecule has 0 aliphatic heterocycles. The van der Waals surface area contributed by atoms with Crippen LogP contribution in [-0.2, 0) is 9.22 Å². The Labute approximate surface area is 118 Å². The molecule has 0 aromatic carbocycles. The summed E-state index contributed by atoms with van der Waals surface area (Å²) in [6, 6.07) is 0. The van der Waals surface area contributed by atoms with Gasteiger partial charge in [0, 0.05) is 5.92 Å². The van der Waals surface area contributed by atoms with Gasteiger partial charge in [-0.1, -0.05) is 39.7 Å². The molecule has 0 bridgehead atoms. The number of allylic oxidation sites excluding steroid dienone is 1. The molecule has 2 nitrogen and oxygen atoms in total. The molecule has 0 aromatic rings. The van der Waals surface area contributed by atoms with Crippen LogP contribution < -0.4 is 0 Å². The smallest absolute Gasteiger partial charge is 0.192 e. The highest BCUT2D eigenvalue weighted by molar-refractivity contribution is 6.74. The van der Waals surface area contributed by atoms with Crippen molar-refractivity contribution in [3.05, 3.63) is 12.2 Å². The molecule has 0 spiro atoms. The van der Waals surface area contributed by atoms with Gasteiger partial charge in [-0.15, -0.1) is 0 Å². The Hall–Kier alpha value is -0.413. The highest BCUT2D eigenvalue weighted by atomic mass is 28.4. The van der Waals surface area contributed by atoms with Gasteiger partial charge in [0.1, 0.15) is 0 Å². The predicted octanol–water partition coefficient (Wildman–Crippen LogP) is 4.47. The van der Waals surface area contributed by atoms with Gasteiger partial charge < -0.3 is 4.43 Å².